The highest BCUT2D eigenvalue weighted by molar-refractivity contribution is 5.79. The van der Waals surface area contributed by atoms with E-state index >= 15 is 0 Å². The molecule has 1 heterocycles. The predicted molar refractivity (Wildman–Crippen MR) is 88.0 cm³/mol. The van der Waals surface area contributed by atoms with Crippen molar-refractivity contribution in [2.45, 2.75) is 53.1 Å². The molecule has 132 valence electrons. The van der Waals surface area contributed by atoms with E-state index in [2.05, 4.69) is 20.8 Å². The van der Waals surface area contributed by atoms with Crippen LogP contribution in [0.4, 0.5) is 0 Å². The van der Waals surface area contributed by atoms with Crippen LogP contribution in [0.1, 0.15) is 47.0 Å². The van der Waals surface area contributed by atoms with E-state index in [-0.39, 0.29) is 24.5 Å². The molecule has 3 unspecified atom stereocenters. The van der Waals surface area contributed by atoms with Crippen LogP contribution < -0.4 is 0 Å². The van der Waals surface area contributed by atoms with Crippen molar-refractivity contribution < 1.29 is 19.4 Å². The number of likely N-dealkylation sites (tertiary alicyclic amines) is 1. The summed E-state index contributed by atoms with van der Waals surface area (Å²) in [5, 5.41) is 9.17. The second-order valence-electron chi connectivity index (χ2n) is 7.90. The van der Waals surface area contributed by atoms with Gasteiger partial charge < -0.3 is 14.7 Å². The summed E-state index contributed by atoms with van der Waals surface area (Å²) in [7, 11) is 0. The van der Waals surface area contributed by atoms with E-state index in [9.17, 15) is 14.7 Å². The van der Waals surface area contributed by atoms with Gasteiger partial charge >= 0.3 is 5.97 Å². The lowest BCUT2D eigenvalue weighted by molar-refractivity contribution is -0.143. The van der Waals surface area contributed by atoms with E-state index in [4.69, 9.17) is 4.74 Å². The minimum atomic E-state index is -0.810. The Morgan fingerprint density at radius 2 is 1.91 bits per heavy atom. The molecule has 1 aliphatic heterocycles. The Morgan fingerprint density at radius 1 is 1.22 bits per heavy atom. The van der Waals surface area contributed by atoms with E-state index in [1.807, 2.05) is 6.92 Å². The van der Waals surface area contributed by atoms with E-state index in [0.717, 1.165) is 6.42 Å². The summed E-state index contributed by atoms with van der Waals surface area (Å²) in [4.78, 5) is 25.2. The molecule has 0 aromatic carbocycles. The van der Waals surface area contributed by atoms with Gasteiger partial charge in [0.2, 0.25) is 5.91 Å². The van der Waals surface area contributed by atoms with E-state index in [1.165, 1.54) is 12.8 Å². The van der Waals surface area contributed by atoms with Crippen molar-refractivity contribution in [3.63, 3.8) is 0 Å². The Morgan fingerprint density at radius 3 is 2.48 bits per heavy atom. The number of carboxylic acid groups (broad SMARTS) is 1. The number of carboxylic acids is 1. The van der Waals surface area contributed by atoms with Crippen molar-refractivity contribution >= 4 is 11.9 Å². The molecule has 2 rings (SSSR count). The lowest BCUT2D eigenvalue weighted by Gasteiger charge is -2.37. The minimum absolute atomic E-state index is 0.00886. The van der Waals surface area contributed by atoms with Crippen molar-refractivity contribution in [2.75, 3.05) is 19.7 Å². The van der Waals surface area contributed by atoms with Crippen LogP contribution in [0.3, 0.4) is 0 Å². The number of nitrogens with zero attached hydrogens (tertiary/aromatic N) is 1. The zero-order chi connectivity index (χ0) is 17.1. The summed E-state index contributed by atoms with van der Waals surface area (Å²) in [5.41, 5.74) is 0. The van der Waals surface area contributed by atoms with Crippen molar-refractivity contribution in [3.8, 4) is 0 Å². The van der Waals surface area contributed by atoms with Crippen LogP contribution in [0.2, 0.25) is 0 Å². The fourth-order valence-electron chi connectivity index (χ4n) is 4.07. The first kappa shape index (κ1) is 18.2. The molecule has 5 nitrogen and oxygen atoms in total. The molecular formula is C18H31NO4. The fourth-order valence-corrected chi connectivity index (χ4v) is 4.07. The predicted octanol–water partition coefficient (Wildman–Crippen LogP) is 2.64. The number of rotatable bonds is 5. The fraction of sp³-hybridized carbons (Fsp3) is 0.889. The summed E-state index contributed by atoms with van der Waals surface area (Å²) in [6.07, 6.45) is 3.57. The molecule has 0 spiro atoms. The monoisotopic (exact) mass is 325 g/mol. The maximum Gasteiger partial charge on any atom is 0.308 e. The topological polar surface area (TPSA) is 66.8 Å². The van der Waals surface area contributed by atoms with Crippen molar-refractivity contribution in [1.29, 1.82) is 0 Å². The van der Waals surface area contributed by atoms with Crippen LogP contribution >= 0.6 is 0 Å². The molecule has 0 aromatic rings. The van der Waals surface area contributed by atoms with Gasteiger partial charge in [0.15, 0.2) is 0 Å². The van der Waals surface area contributed by atoms with Gasteiger partial charge in [-0.15, -0.1) is 0 Å². The summed E-state index contributed by atoms with van der Waals surface area (Å²) in [5.74, 6) is 0.407. The molecule has 1 saturated heterocycles. The molecule has 23 heavy (non-hydrogen) atoms. The van der Waals surface area contributed by atoms with E-state index in [0.29, 0.717) is 30.8 Å². The number of carbonyl (C=O) groups is 2. The van der Waals surface area contributed by atoms with Gasteiger partial charge in [0, 0.05) is 13.1 Å². The molecule has 1 N–H and O–H groups in total. The van der Waals surface area contributed by atoms with Crippen molar-refractivity contribution in [2.24, 2.45) is 29.6 Å². The van der Waals surface area contributed by atoms with Gasteiger partial charge in [-0.3, -0.25) is 9.59 Å². The van der Waals surface area contributed by atoms with Crippen LogP contribution in [0.5, 0.6) is 0 Å². The Bertz CT molecular complexity index is 437. The first-order valence-corrected chi connectivity index (χ1v) is 8.91. The lowest BCUT2D eigenvalue weighted by atomic mass is 9.75. The zero-order valence-electron chi connectivity index (χ0n) is 14.8. The SMILES string of the molecule is CC1CCC(C(C)C)C(OCC(=O)N2C[C@@H](C)[C@H](C(=O)O)C2)C1. The highest BCUT2D eigenvalue weighted by Gasteiger charge is 2.37. The number of carbonyl (C=O) groups excluding carboxylic acids is 1. The number of aliphatic carboxylic acids is 1. The highest BCUT2D eigenvalue weighted by atomic mass is 16.5. The molecule has 1 saturated carbocycles. The zero-order valence-corrected chi connectivity index (χ0v) is 14.8. The van der Waals surface area contributed by atoms with Crippen LogP contribution in [0.15, 0.2) is 0 Å². The summed E-state index contributed by atoms with van der Waals surface area (Å²) < 4.78 is 5.99. The maximum atomic E-state index is 12.4. The second kappa shape index (κ2) is 7.65. The van der Waals surface area contributed by atoms with Gasteiger partial charge in [0.25, 0.3) is 0 Å². The molecule has 1 aliphatic carbocycles. The smallest absolute Gasteiger partial charge is 0.308 e. The second-order valence-corrected chi connectivity index (χ2v) is 7.90. The Balaban J connectivity index is 1.87. The summed E-state index contributed by atoms with van der Waals surface area (Å²) >= 11 is 0. The third kappa shape index (κ3) is 4.46. The van der Waals surface area contributed by atoms with Crippen LogP contribution in [0.25, 0.3) is 0 Å². The Kier molecular flexibility index (Phi) is 6.06. The van der Waals surface area contributed by atoms with Crippen LogP contribution in [0, 0.1) is 29.6 Å². The molecule has 5 heteroatoms. The third-order valence-electron chi connectivity index (χ3n) is 5.66. The normalized spacial score (nSPS) is 34.8. The van der Waals surface area contributed by atoms with Gasteiger partial charge in [0.05, 0.1) is 12.0 Å². The Hall–Kier alpha value is -1.10. The van der Waals surface area contributed by atoms with Gasteiger partial charge in [-0.25, -0.2) is 0 Å². The number of amides is 1. The standard InChI is InChI=1S/C18H31NO4/c1-11(2)14-6-5-12(3)7-16(14)23-10-17(20)19-8-13(4)15(9-19)18(21)22/h11-16H,5-10H2,1-4H3,(H,21,22)/t12?,13-,14?,15-,16?/m1/s1. The third-order valence-corrected chi connectivity index (χ3v) is 5.66. The average Bonchev–Trinajstić information content (AvgIpc) is 2.86. The van der Waals surface area contributed by atoms with Crippen LogP contribution in [-0.4, -0.2) is 47.7 Å². The van der Waals surface area contributed by atoms with Crippen molar-refractivity contribution in [3.05, 3.63) is 0 Å². The van der Waals surface area contributed by atoms with Gasteiger partial charge in [-0.1, -0.05) is 34.1 Å². The largest absolute Gasteiger partial charge is 0.481 e. The summed E-state index contributed by atoms with van der Waals surface area (Å²) in [6.45, 7) is 9.50. The van der Waals surface area contributed by atoms with Gasteiger partial charge in [-0.2, -0.15) is 0 Å². The molecule has 0 radical (unpaired) electrons. The van der Waals surface area contributed by atoms with Crippen molar-refractivity contribution in [1.82, 2.24) is 4.90 Å². The first-order valence-electron chi connectivity index (χ1n) is 8.91. The molecule has 1 amide bonds. The van der Waals surface area contributed by atoms with Gasteiger partial charge in [0.1, 0.15) is 6.61 Å². The number of hydrogen-bond acceptors (Lipinski definition) is 3. The molecular weight excluding hydrogens is 294 g/mol. The lowest BCUT2D eigenvalue weighted by Crippen LogP contribution is -2.39. The number of hydrogen-bond donors (Lipinski definition) is 1. The molecule has 5 atom stereocenters. The highest BCUT2D eigenvalue weighted by Crippen LogP contribution is 2.35. The van der Waals surface area contributed by atoms with E-state index in [1.54, 1.807) is 4.90 Å². The first-order chi connectivity index (χ1) is 10.8. The molecule has 2 fully saturated rings. The quantitative estimate of drug-likeness (QED) is 0.844. The maximum absolute atomic E-state index is 12.4. The molecule has 0 aromatic heterocycles. The average molecular weight is 325 g/mol. The molecule has 0 bridgehead atoms. The van der Waals surface area contributed by atoms with Crippen LogP contribution in [-0.2, 0) is 14.3 Å². The molecule has 2 aliphatic rings. The van der Waals surface area contributed by atoms with E-state index < -0.39 is 11.9 Å². The Labute approximate surface area is 139 Å². The summed E-state index contributed by atoms with van der Waals surface area (Å²) in [6, 6.07) is 0. The minimum Gasteiger partial charge on any atom is -0.481 e. The number of ether oxygens (including phenoxy) is 1. The van der Waals surface area contributed by atoms with Gasteiger partial charge in [-0.05, 0) is 36.5 Å².